The van der Waals surface area contributed by atoms with Gasteiger partial charge in [-0.15, -0.1) is 0 Å². The van der Waals surface area contributed by atoms with E-state index in [1.54, 1.807) is 7.11 Å². The number of rotatable bonds is 5. The first-order chi connectivity index (χ1) is 7.63. The molecule has 0 aromatic heterocycles. The summed E-state index contributed by atoms with van der Waals surface area (Å²) in [5.41, 5.74) is 0.305. The van der Waals surface area contributed by atoms with Gasteiger partial charge in [0.25, 0.3) is 0 Å². The topological polar surface area (TPSA) is 24.5 Å². The van der Waals surface area contributed by atoms with E-state index in [0.717, 1.165) is 31.5 Å². The maximum absolute atomic E-state index is 5.15. The Labute approximate surface area is 99.5 Å². The van der Waals surface area contributed by atoms with Gasteiger partial charge in [-0.1, -0.05) is 0 Å². The molecule has 1 aliphatic carbocycles. The number of nitrogens with zero attached hydrogens (tertiary/aromatic N) is 1. The molecule has 1 heterocycles. The molecule has 2 aliphatic rings. The van der Waals surface area contributed by atoms with Gasteiger partial charge in [-0.2, -0.15) is 0 Å². The Morgan fingerprint density at radius 1 is 1.38 bits per heavy atom. The van der Waals surface area contributed by atoms with Crippen molar-refractivity contribution in [1.29, 1.82) is 0 Å². The molecule has 1 atom stereocenters. The molecule has 1 saturated carbocycles. The highest BCUT2D eigenvalue weighted by Crippen LogP contribution is 2.35. The van der Waals surface area contributed by atoms with Gasteiger partial charge in [0.1, 0.15) is 0 Å². The van der Waals surface area contributed by atoms with E-state index in [9.17, 15) is 0 Å². The van der Waals surface area contributed by atoms with Crippen molar-refractivity contribution in [2.75, 3.05) is 33.4 Å². The lowest BCUT2D eigenvalue weighted by Crippen LogP contribution is -2.62. The number of nitrogens with one attached hydrogen (secondary N) is 1. The third-order valence-corrected chi connectivity index (χ3v) is 4.04. The van der Waals surface area contributed by atoms with Gasteiger partial charge in [-0.05, 0) is 39.0 Å². The fraction of sp³-hybridized carbons (Fsp3) is 1.00. The third-order valence-electron chi connectivity index (χ3n) is 4.04. The van der Waals surface area contributed by atoms with Crippen molar-refractivity contribution in [1.82, 2.24) is 10.2 Å². The van der Waals surface area contributed by atoms with Crippen LogP contribution in [0, 0.1) is 5.92 Å². The standard InChI is InChI=1S/C13H26N2O/c1-13(2)10-14-12(11-5-6-11)9-15(13)7-4-8-16-3/h11-12,14H,4-10H2,1-3H3. The van der Waals surface area contributed by atoms with Gasteiger partial charge in [-0.3, -0.25) is 4.90 Å². The summed E-state index contributed by atoms with van der Waals surface area (Å²) in [5, 5.41) is 3.72. The first-order valence-electron chi connectivity index (χ1n) is 6.61. The van der Waals surface area contributed by atoms with E-state index in [4.69, 9.17) is 4.74 Å². The zero-order valence-electron chi connectivity index (χ0n) is 11.0. The Morgan fingerprint density at radius 2 is 2.12 bits per heavy atom. The molecule has 94 valence electrons. The third kappa shape index (κ3) is 2.96. The van der Waals surface area contributed by atoms with Crippen molar-refractivity contribution in [2.24, 2.45) is 5.92 Å². The van der Waals surface area contributed by atoms with Crippen molar-refractivity contribution >= 4 is 0 Å². The van der Waals surface area contributed by atoms with Crippen LogP contribution in [0.25, 0.3) is 0 Å². The largest absolute Gasteiger partial charge is 0.385 e. The molecule has 1 N–H and O–H groups in total. The monoisotopic (exact) mass is 226 g/mol. The lowest BCUT2D eigenvalue weighted by atomic mass is 9.95. The Balaban J connectivity index is 1.84. The Morgan fingerprint density at radius 3 is 2.75 bits per heavy atom. The number of methoxy groups -OCH3 is 1. The first-order valence-corrected chi connectivity index (χ1v) is 6.61. The summed E-state index contributed by atoms with van der Waals surface area (Å²) in [5.74, 6) is 0.959. The van der Waals surface area contributed by atoms with E-state index >= 15 is 0 Å². The van der Waals surface area contributed by atoms with Crippen LogP contribution in [-0.2, 0) is 4.74 Å². The van der Waals surface area contributed by atoms with Crippen molar-refractivity contribution in [3.63, 3.8) is 0 Å². The van der Waals surface area contributed by atoms with E-state index in [-0.39, 0.29) is 0 Å². The summed E-state index contributed by atoms with van der Waals surface area (Å²) in [4.78, 5) is 2.64. The molecule has 0 aromatic carbocycles. The zero-order valence-corrected chi connectivity index (χ0v) is 11.0. The van der Waals surface area contributed by atoms with Gasteiger partial charge in [0.15, 0.2) is 0 Å². The number of piperazine rings is 1. The summed E-state index contributed by atoms with van der Waals surface area (Å²) < 4.78 is 5.15. The molecule has 1 unspecified atom stereocenters. The minimum absolute atomic E-state index is 0.305. The lowest BCUT2D eigenvalue weighted by Gasteiger charge is -2.46. The van der Waals surface area contributed by atoms with Gasteiger partial charge in [0.05, 0.1) is 0 Å². The normalized spacial score (nSPS) is 30.6. The second-order valence-electron chi connectivity index (χ2n) is 5.93. The quantitative estimate of drug-likeness (QED) is 0.719. The summed E-state index contributed by atoms with van der Waals surface area (Å²) in [6.07, 6.45) is 4.02. The van der Waals surface area contributed by atoms with Crippen LogP contribution >= 0.6 is 0 Å². The smallest absolute Gasteiger partial charge is 0.0474 e. The average molecular weight is 226 g/mol. The van der Waals surface area contributed by atoms with Gasteiger partial charge in [0, 0.05) is 44.9 Å². The molecule has 0 bridgehead atoms. The highest BCUT2D eigenvalue weighted by atomic mass is 16.5. The van der Waals surface area contributed by atoms with E-state index in [1.807, 2.05) is 0 Å². The molecule has 1 saturated heterocycles. The predicted octanol–water partition coefficient (Wildman–Crippen LogP) is 1.49. The van der Waals surface area contributed by atoms with Crippen LogP contribution in [-0.4, -0.2) is 49.8 Å². The van der Waals surface area contributed by atoms with E-state index in [2.05, 4.69) is 24.1 Å². The molecule has 2 fully saturated rings. The van der Waals surface area contributed by atoms with Gasteiger partial charge >= 0.3 is 0 Å². The summed E-state index contributed by atoms with van der Waals surface area (Å²) in [7, 11) is 1.79. The summed E-state index contributed by atoms with van der Waals surface area (Å²) in [6, 6.07) is 0.746. The molecule has 1 aliphatic heterocycles. The predicted molar refractivity (Wildman–Crippen MR) is 66.7 cm³/mol. The summed E-state index contributed by atoms with van der Waals surface area (Å²) >= 11 is 0. The molecule has 3 heteroatoms. The van der Waals surface area contributed by atoms with Gasteiger partial charge in [-0.25, -0.2) is 0 Å². The SMILES string of the molecule is COCCCN1CC(C2CC2)NCC1(C)C. The van der Waals surface area contributed by atoms with Crippen LogP contribution in [0.5, 0.6) is 0 Å². The van der Waals surface area contributed by atoms with Crippen LogP contribution in [0.2, 0.25) is 0 Å². The first kappa shape index (κ1) is 12.3. The van der Waals surface area contributed by atoms with E-state index < -0.39 is 0 Å². The van der Waals surface area contributed by atoms with Gasteiger partial charge in [0.2, 0.25) is 0 Å². The van der Waals surface area contributed by atoms with Crippen LogP contribution in [0.4, 0.5) is 0 Å². The molecule has 0 spiro atoms. The van der Waals surface area contributed by atoms with E-state index in [0.29, 0.717) is 5.54 Å². The molecule has 0 aromatic rings. The molecule has 2 rings (SSSR count). The Hall–Kier alpha value is -0.120. The fourth-order valence-corrected chi connectivity index (χ4v) is 2.65. The van der Waals surface area contributed by atoms with Crippen LogP contribution in [0.1, 0.15) is 33.1 Å². The van der Waals surface area contributed by atoms with Crippen molar-refractivity contribution in [2.45, 2.75) is 44.7 Å². The average Bonchev–Trinajstić information content (AvgIpc) is 3.04. The van der Waals surface area contributed by atoms with E-state index in [1.165, 1.54) is 25.9 Å². The Kier molecular flexibility index (Phi) is 3.88. The molecule has 0 radical (unpaired) electrons. The maximum atomic E-state index is 5.15. The zero-order chi connectivity index (χ0) is 11.6. The molecular weight excluding hydrogens is 200 g/mol. The van der Waals surface area contributed by atoms with Crippen molar-refractivity contribution < 1.29 is 4.74 Å². The Bertz CT molecular complexity index is 226. The molecular formula is C13H26N2O. The van der Waals surface area contributed by atoms with Crippen molar-refractivity contribution in [3.8, 4) is 0 Å². The number of hydrogen-bond donors (Lipinski definition) is 1. The van der Waals surface area contributed by atoms with Crippen LogP contribution in [0.15, 0.2) is 0 Å². The van der Waals surface area contributed by atoms with Gasteiger partial charge < -0.3 is 10.1 Å². The molecule has 3 nitrogen and oxygen atoms in total. The highest BCUT2D eigenvalue weighted by molar-refractivity contribution is 4.98. The van der Waals surface area contributed by atoms with Crippen LogP contribution in [0.3, 0.4) is 0 Å². The maximum Gasteiger partial charge on any atom is 0.0474 e. The summed E-state index contributed by atoms with van der Waals surface area (Å²) in [6.45, 7) is 9.09. The second-order valence-corrected chi connectivity index (χ2v) is 5.93. The number of ether oxygens (including phenoxy) is 1. The van der Waals surface area contributed by atoms with Crippen LogP contribution < -0.4 is 5.32 Å². The lowest BCUT2D eigenvalue weighted by molar-refractivity contribution is 0.0517. The molecule has 0 amide bonds. The minimum Gasteiger partial charge on any atom is -0.385 e. The second kappa shape index (κ2) is 5.03. The highest BCUT2D eigenvalue weighted by Gasteiger charge is 2.39. The molecule has 16 heavy (non-hydrogen) atoms. The fourth-order valence-electron chi connectivity index (χ4n) is 2.65. The minimum atomic E-state index is 0.305. The number of hydrogen-bond acceptors (Lipinski definition) is 3. The van der Waals surface area contributed by atoms with Crippen molar-refractivity contribution in [3.05, 3.63) is 0 Å².